The van der Waals surface area contributed by atoms with Gasteiger partial charge in [0, 0.05) is 37.0 Å². The molecule has 2 N–H and O–H groups in total. The van der Waals surface area contributed by atoms with Crippen LogP contribution < -0.4 is 10.6 Å². The number of pyridine rings is 1. The van der Waals surface area contributed by atoms with Gasteiger partial charge in [-0.25, -0.2) is 4.98 Å². The number of anilines is 1. The first kappa shape index (κ1) is 14.4. The molecule has 0 saturated carbocycles. The molecule has 2 aromatic rings. The summed E-state index contributed by atoms with van der Waals surface area (Å²) >= 11 is 0. The van der Waals surface area contributed by atoms with E-state index in [-0.39, 0.29) is 18.1 Å². The number of aromatic nitrogens is 1. The SMILES string of the molecule is CNc1cc(C(=O)NCc2ccccc2[N+](=O)[O-])ccn1. The van der Waals surface area contributed by atoms with E-state index in [1.807, 2.05) is 0 Å². The summed E-state index contributed by atoms with van der Waals surface area (Å²) in [7, 11) is 1.71. The van der Waals surface area contributed by atoms with Gasteiger partial charge in [-0.1, -0.05) is 18.2 Å². The Labute approximate surface area is 121 Å². The molecule has 0 aliphatic heterocycles. The Bertz CT molecular complexity index is 673. The predicted molar refractivity (Wildman–Crippen MR) is 78.1 cm³/mol. The first-order valence-corrected chi connectivity index (χ1v) is 6.26. The van der Waals surface area contributed by atoms with Gasteiger partial charge in [0.25, 0.3) is 11.6 Å². The number of para-hydroxylation sites is 1. The van der Waals surface area contributed by atoms with E-state index in [4.69, 9.17) is 0 Å². The van der Waals surface area contributed by atoms with E-state index in [9.17, 15) is 14.9 Å². The molecule has 108 valence electrons. The molecule has 7 heteroatoms. The van der Waals surface area contributed by atoms with Crippen LogP contribution >= 0.6 is 0 Å². The van der Waals surface area contributed by atoms with Crippen molar-refractivity contribution in [2.45, 2.75) is 6.54 Å². The van der Waals surface area contributed by atoms with Crippen molar-refractivity contribution < 1.29 is 9.72 Å². The zero-order valence-corrected chi connectivity index (χ0v) is 11.4. The maximum atomic E-state index is 12.0. The van der Waals surface area contributed by atoms with Crippen molar-refractivity contribution in [3.63, 3.8) is 0 Å². The van der Waals surface area contributed by atoms with Crippen LogP contribution in [0.2, 0.25) is 0 Å². The maximum Gasteiger partial charge on any atom is 0.274 e. The molecule has 0 bridgehead atoms. The number of amides is 1. The average Bonchev–Trinajstić information content (AvgIpc) is 2.52. The second kappa shape index (κ2) is 6.47. The Hall–Kier alpha value is -2.96. The van der Waals surface area contributed by atoms with Crippen molar-refractivity contribution >= 4 is 17.4 Å². The van der Waals surface area contributed by atoms with Crippen molar-refractivity contribution in [1.82, 2.24) is 10.3 Å². The lowest BCUT2D eigenvalue weighted by atomic mass is 10.1. The van der Waals surface area contributed by atoms with Crippen LogP contribution in [0.4, 0.5) is 11.5 Å². The van der Waals surface area contributed by atoms with E-state index in [2.05, 4.69) is 15.6 Å². The lowest BCUT2D eigenvalue weighted by Gasteiger charge is -2.07. The molecule has 1 amide bonds. The first-order chi connectivity index (χ1) is 10.1. The molecule has 1 aromatic heterocycles. The fourth-order valence-electron chi connectivity index (χ4n) is 1.82. The minimum absolute atomic E-state index is 0.0107. The largest absolute Gasteiger partial charge is 0.373 e. The summed E-state index contributed by atoms with van der Waals surface area (Å²) in [5.41, 5.74) is 0.884. The Morgan fingerprint density at radius 1 is 1.33 bits per heavy atom. The molecule has 0 unspecified atom stereocenters. The third kappa shape index (κ3) is 3.53. The third-order valence-corrected chi connectivity index (χ3v) is 2.91. The van der Waals surface area contributed by atoms with Crippen LogP contribution in [0.1, 0.15) is 15.9 Å². The quantitative estimate of drug-likeness (QED) is 0.647. The summed E-state index contributed by atoms with van der Waals surface area (Å²) in [6.45, 7) is 0.0905. The number of carbonyl (C=O) groups is 1. The van der Waals surface area contributed by atoms with Crippen molar-refractivity contribution in [3.8, 4) is 0 Å². The number of nitrogens with one attached hydrogen (secondary N) is 2. The monoisotopic (exact) mass is 286 g/mol. The Morgan fingerprint density at radius 2 is 2.10 bits per heavy atom. The summed E-state index contributed by atoms with van der Waals surface area (Å²) in [5, 5.41) is 16.4. The number of hydrogen-bond acceptors (Lipinski definition) is 5. The van der Waals surface area contributed by atoms with Crippen LogP contribution in [0.3, 0.4) is 0 Å². The molecule has 2 rings (SSSR count). The molecule has 0 aliphatic carbocycles. The fourth-order valence-corrected chi connectivity index (χ4v) is 1.82. The van der Waals surface area contributed by atoms with Gasteiger partial charge in [-0.3, -0.25) is 14.9 Å². The van der Waals surface area contributed by atoms with Gasteiger partial charge in [-0.2, -0.15) is 0 Å². The molecule has 0 aliphatic rings. The minimum atomic E-state index is -0.465. The highest BCUT2D eigenvalue weighted by Gasteiger charge is 2.13. The van der Waals surface area contributed by atoms with Gasteiger partial charge in [-0.15, -0.1) is 0 Å². The summed E-state index contributed by atoms with van der Waals surface area (Å²) in [4.78, 5) is 26.5. The standard InChI is InChI=1S/C14H14N4O3/c1-15-13-8-10(6-7-16-13)14(19)17-9-11-4-2-3-5-12(11)18(20)21/h2-8H,9H2,1H3,(H,15,16)(H,17,19). The van der Waals surface area contributed by atoms with Crippen molar-refractivity contribution in [2.24, 2.45) is 0 Å². The molecule has 0 fully saturated rings. The molecule has 0 atom stereocenters. The van der Waals surface area contributed by atoms with Crippen molar-refractivity contribution in [1.29, 1.82) is 0 Å². The smallest absolute Gasteiger partial charge is 0.274 e. The van der Waals surface area contributed by atoms with E-state index in [0.717, 1.165) is 0 Å². The molecule has 0 saturated heterocycles. The molecular formula is C14H14N4O3. The maximum absolute atomic E-state index is 12.0. The number of nitro benzene ring substituents is 1. The van der Waals surface area contributed by atoms with Gasteiger partial charge >= 0.3 is 0 Å². The number of rotatable bonds is 5. The molecule has 21 heavy (non-hydrogen) atoms. The summed E-state index contributed by atoms with van der Waals surface area (Å²) < 4.78 is 0. The van der Waals surface area contributed by atoms with Crippen LogP contribution in [0.15, 0.2) is 42.6 Å². The van der Waals surface area contributed by atoms with Crippen molar-refractivity contribution in [2.75, 3.05) is 12.4 Å². The number of carbonyl (C=O) groups excluding carboxylic acids is 1. The molecule has 1 heterocycles. The molecule has 7 nitrogen and oxygen atoms in total. The highest BCUT2D eigenvalue weighted by Crippen LogP contribution is 2.17. The number of nitro groups is 1. The van der Waals surface area contributed by atoms with E-state index in [0.29, 0.717) is 16.9 Å². The highest BCUT2D eigenvalue weighted by atomic mass is 16.6. The van der Waals surface area contributed by atoms with E-state index >= 15 is 0 Å². The molecule has 1 aromatic carbocycles. The van der Waals surface area contributed by atoms with Crippen LogP contribution in [0.25, 0.3) is 0 Å². The van der Waals surface area contributed by atoms with Crippen LogP contribution in [-0.2, 0) is 6.54 Å². The topological polar surface area (TPSA) is 97.2 Å². The second-order valence-corrected chi connectivity index (χ2v) is 4.25. The molecule has 0 spiro atoms. The van der Waals surface area contributed by atoms with E-state index in [1.165, 1.54) is 12.3 Å². The first-order valence-electron chi connectivity index (χ1n) is 6.26. The Kier molecular flexibility index (Phi) is 4.45. The van der Waals surface area contributed by atoms with Gasteiger partial charge in [0.2, 0.25) is 0 Å². The van der Waals surface area contributed by atoms with E-state index < -0.39 is 4.92 Å². The lowest BCUT2D eigenvalue weighted by molar-refractivity contribution is -0.385. The van der Waals surface area contributed by atoms with Crippen LogP contribution in [0, 0.1) is 10.1 Å². The van der Waals surface area contributed by atoms with Gasteiger partial charge in [0.1, 0.15) is 5.82 Å². The van der Waals surface area contributed by atoms with Crippen molar-refractivity contribution in [3.05, 3.63) is 63.8 Å². The third-order valence-electron chi connectivity index (χ3n) is 2.91. The van der Waals surface area contributed by atoms with Gasteiger partial charge in [0.15, 0.2) is 0 Å². The minimum Gasteiger partial charge on any atom is -0.373 e. The Morgan fingerprint density at radius 3 is 2.81 bits per heavy atom. The zero-order valence-electron chi connectivity index (χ0n) is 11.4. The van der Waals surface area contributed by atoms with Crippen LogP contribution in [0.5, 0.6) is 0 Å². The predicted octanol–water partition coefficient (Wildman–Crippen LogP) is 1.96. The Balaban J connectivity index is 2.09. The zero-order chi connectivity index (χ0) is 15.2. The average molecular weight is 286 g/mol. The molecule has 0 radical (unpaired) electrons. The summed E-state index contributed by atoms with van der Waals surface area (Å²) in [6, 6.07) is 9.49. The summed E-state index contributed by atoms with van der Waals surface area (Å²) in [5.74, 6) is 0.264. The lowest BCUT2D eigenvalue weighted by Crippen LogP contribution is -2.23. The van der Waals surface area contributed by atoms with Gasteiger partial charge in [-0.05, 0) is 12.1 Å². The highest BCUT2D eigenvalue weighted by molar-refractivity contribution is 5.94. The normalized spacial score (nSPS) is 9.95. The van der Waals surface area contributed by atoms with Crippen LogP contribution in [-0.4, -0.2) is 22.9 Å². The number of nitrogens with zero attached hydrogens (tertiary/aromatic N) is 2. The number of benzene rings is 1. The fraction of sp³-hybridized carbons (Fsp3) is 0.143. The second-order valence-electron chi connectivity index (χ2n) is 4.25. The van der Waals surface area contributed by atoms with Gasteiger partial charge in [0.05, 0.1) is 4.92 Å². The number of hydrogen-bond donors (Lipinski definition) is 2. The summed E-state index contributed by atoms with van der Waals surface area (Å²) in [6.07, 6.45) is 1.52. The van der Waals surface area contributed by atoms with E-state index in [1.54, 1.807) is 37.4 Å². The van der Waals surface area contributed by atoms with Gasteiger partial charge < -0.3 is 10.6 Å². The molecular weight excluding hydrogens is 272 g/mol.